The molecule has 386 valence electrons. The zero-order valence-corrected chi connectivity index (χ0v) is 46.6. The number of allylic oxidation sites excluding steroid dienone is 36. The van der Waals surface area contributed by atoms with Gasteiger partial charge in [0.2, 0.25) is 0 Å². The summed E-state index contributed by atoms with van der Waals surface area (Å²) in [6.07, 6.45) is 59.8. The summed E-state index contributed by atoms with van der Waals surface area (Å²) in [4.78, 5) is 0. The molecule has 15 aliphatic rings. The largest absolute Gasteiger partial charge is 0.0839 e. The Bertz CT molecular complexity index is 4070. The summed E-state index contributed by atoms with van der Waals surface area (Å²) >= 11 is 0. The Morgan fingerprint density at radius 2 is 0.924 bits per heavy atom. The van der Waals surface area contributed by atoms with Crippen molar-refractivity contribution in [3.05, 3.63) is 298 Å². The number of aryl methyl sites for hydroxylation is 2. The zero-order valence-electron chi connectivity index (χ0n) is 46.6. The lowest BCUT2D eigenvalue weighted by atomic mass is 9.58. The first-order valence-corrected chi connectivity index (χ1v) is 30.8. The van der Waals surface area contributed by atoms with Crippen LogP contribution in [-0.2, 0) is 10.8 Å². The van der Waals surface area contributed by atoms with E-state index in [2.05, 4.69) is 198 Å². The Kier molecular flexibility index (Phi) is 9.33. The maximum atomic E-state index is 2.85. The van der Waals surface area contributed by atoms with Crippen LogP contribution in [0.5, 0.6) is 0 Å². The molecule has 3 spiro atoms. The van der Waals surface area contributed by atoms with Crippen LogP contribution in [0.15, 0.2) is 254 Å². The van der Waals surface area contributed by atoms with E-state index in [1.54, 1.807) is 111 Å². The highest BCUT2D eigenvalue weighted by molar-refractivity contribution is 5.95. The van der Waals surface area contributed by atoms with Crippen molar-refractivity contribution < 1.29 is 0 Å². The van der Waals surface area contributed by atoms with Crippen molar-refractivity contribution in [2.45, 2.75) is 116 Å². The summed E-state index contributed by atoms with van der Waals surface area (Å²) in [5.74, 6) is 2.73. The third kappa shape index (κ3) is 5.63. The van der Waals surface area contributed by atoms with Crippen molar-refractivity contribution >= 4 is 16.7 Å². The fourth-order valence-corrected chi connectivity index (χ4v) is 20.3. The molecule has 3 aromatic rings. The SMILES string of the molecule is Cc1ccc2c(c1)C1=C(C=CC(C)C1)C21C2=C(CCC=C2)C2=CC=C(C3=CC4=C(CC3)C3=CC=CCC3C43C4=C(CCC(C5=CC=C6c7ccccc7C7(C8=C(CC(C)C=C8)c8cc(C)ccc87)C6C5)=C4)C4=CC=CCC43)CC21. The maximum Gasteiger partial charge on any atom is 0.0537 e. The third-order valence-corrected chi connectivity index (χ3v) is 23.2. The van der Waals surface area contributed by atoms with Crippen molar-refractivity contribution in [2.75, 3.05) is 0 Å². The average Bonchev–Trinajstić information content (AvgIpc) is 4.45. The molecule has 0 saturated carbocycles. The number of fused-ring (bicyclic) bond motifs is 25. The van der Waals surface area contributed by atoms with Crippen LogP contribution >= 0.6 is 0 Å². The van der Waals surface area contributed by atoms with Crippen LogP contribution in [0.4, 0.5) is 0 Å². The molecular formula is C79H70. The Morgan fingerprint density at radius 1 is 0.405 bits per heavy atom. The van der Waals surface area contributed by atoms with Gasteiger partial charge in [0.15, 0.2) is 0 Å². The van der Waals surface area contributed by atoms with Gasteiger partial charge in [-0.25, -0.2) is 0 Å². The molecule has 9 atom stereocenters. The Labute approximate surface area is 468 Å². The standard InChI is InChI=1S/C79H70/c1-45-21-33-69-61(37-45)62-38-46(2)22-34-70(62)77(69)65-17-9-5-13-53(65)57-29-25-49(41-73(57)77)51-27-31-59-55-15-7-11-19-67(55)79(75(59)43-51)68-20-12-8-16-56(68)60-32-28-52(44-76(60)79)50-26-30-58-54-14-6-10-18-66(54)78(74(58)42-50)71-35-23-47(3)39-63(71)64-40-48(4)24-36-72(64)78/h5,7-13,15-18,21-26,29-30,33-37,39,43-44,46,48,67-68,73-74H,6,14,19-20,27-28,31-32,38,40-42H2,1-4H3. The average molecular weight is 1020 g/mol. The number of hydrogen-bond acceptors (Lipinski definition) is 0. The van der Waals surface area contributed by atoms with Crippen LogP contribution in [-0.4, -0.2) is 0 Å². The van der Waals surface area contributed by atoms with E-state index in [4.69, 9.17) is 0 Å². The summed E-state index contributed by atoms with van der Waals surface area (Å²) in [5.41, 5.74) is 40.6. The van der Waals surface area contributed by atoms with Gasteiger partial charge in [0.05, 0.1) is 10.8 Å². The number of hydrogen-bond donors (Lipinski definition) is 0. The maximum absolute atomic E-state index is 2.85. The minimum absolute atomic E-state index is 0.0937. The van der Waals surface area contributed by atoms with Crippen LogP contribution < -0.4 is 0 Å². The predicted octanol–water partition coefficient (Wildman–Crippen LogP) is 19.2. The van der Waals surface area contributed by atoms with Gasteiger partial charge in [-0.05, 0) is 236 Å². The van der Waals surface area contributed by atoms with Gasteiger partial charge in [0.25, 0.3) is 0 Å². The first-order valence-electron chi connectivity index (χ1n) is 30.8. The summed E-state index contributed by atoms with van der Waals surface area (Å²) in [6.45, 7) is 9.41. The summed E-state index contributed by atoms with van der Waals surface area (Å²) in [6, 6.07) is 24.5. The Balaban J connectivity index is 0.768. The van der Waals surface area contributed by atoms with Crippen LogP contribution in [0.1, 0.15) is 135 Å². The zero-order chi connectivity index (χ0) is 52.3. The van der Waals surface area contributed by atoms with Crippen molar-refractivity contribution in [2.24, 2.45) is 40.9 Å². The smallest absolute Gasteiger partial charge is 0.0537 e. The molecule has 79 heavy (non-hydrogen) atoms. The third-order valence-electron chi connectivity index (χ3n) is 23.2. The minimum Gasteiger partial charge on any atom is -0.0839 e. The van der Waals surface area contributed by atoms with Crippen molar-refractivity contribution in [1.82, 2.24) is 0 Å². The molecule has 15 aliphatic carbocycles. The normalized spacial score (nSPS) is 34.0. The number of benzene rings is 3. The molecule has 0 radical (unpaired) electrons. The molecule has 0 bridgehead atoms. The van der Waals surface area contributed by atoms with Crippen LogP contribution in [0.2, 0.25) is 0 Å². The quantitative estimate of drug-likeness (QED) is 0.240. The first-order chi connectivity index (χ1) is 38.8. The second kappa shape index (κ2) is 16.1. The lowest BCUT2D eigenvalue weighted by Gasteiger charge is -2.44. The first kappa shape index (κ1) is 45.8. The number of rotatable bonds is 2. The Morgan fingerprint density at radius 3 is 1.56 bits per heavy atom. The minimum atomic E-state index is -0.182. The highest BCUT2D eigenvalue weighted by Gasteiger charge is 2.63. The van der Waals surface area contributed by atoms with E-state index in [9.17, 15) is 0 Å². The van der Waals surface area contributed by atoms with Gasteiger partial charge in [-0.3, -0.25) is 0 Å². The van der Waals surface area contributed by atoms with E-state index in [-0.39, 0.29) is 16.2 Å². The summed E-state index contributed by atoms with van der Waals surface area (Å²) in [5, 5.41) is 0. The fraction of sp³-hybridized carbons (Fsp3) is 0.316. The molecule has 3 aromatic carbocycles. The molecule has 0 heteroatoms. The highest BCUT2D eigenvalue weighted by Crippen LogP contribution is 2.74. The van der Waals surface area contributed by atoms with E-state index in [0.29, 0.717) is 35.5 Å². The van der Waals surface area contributed by atoms with E-state index < -0.39 is 0 Å². The van der Waals surface area contributed by atoms with E-state index >= 15 is 0 Å². The molecule has 0 heterocycles. The molecule has 0 fully saturated rings. The molecule has 0 aliphatic heterocycles. The van der Waals surface area contributed by atoms with Gasteiger partial charge >= 0.3 is 0 Å². The van der Waals surface area contributed by atoms with Gasteiger partial charge in [-0.15, -0.1) is 0 Å². The Hall–Kier alpha value is -7.02. The van der Waals surface area contributed by atoms with Crippen molar-refractivity contribution in [3.8, 4) is 0 Å². The van der Waals surface area contributed by atoms with Gasteiger partial charge in [0.1, 0.15) is 0 Å². The lowest BCUT2D eigenvalue weighted by Crippen LogP contribution is -2.37. The molecule has 0 N–H and O–H groups in total. The van der Waals surface area contributed by atoms with Crippen molar-refractivity contribution in [3.63, 3.8) is 0 Å². The monoisotopic (exact) mass is 1020 g/mol. The van der Waals surface area contributed by atoms with Gasteiger partial charge in [0, 0.05) is 29.1 Å². The molecule has 0 aromatic heterocycles. The van der Waals surface area contributed by atoms with Crippen molar-refractivity contribution in [1.29, 1.82) is 0 Å². The molecule has 0 nitrogen and oxygen atoms in total. The molecule has 0 saturated heterocycles. The molecular weight excluding hydrogens is 949 g/mol. The predicted molar refractivity (Wildman–Crippen MR) is 327 cm³/mol. The van der Waals surface area contributed by atoms with E-state index in [0.717, 1.165) is 77.0 Å². The second-order valence-corrected chi connectivity index (χ2v) is 26.8. The van der Waals surface area contributed by atoms with Gasteiger partial charge < -0.3 is 0 Å². The van der Waals surface area contributed by atoms with Crippen LogP contribution in [0.25, 0.3) is 16.7 Å². The van der Waals surface area contributed by atoms with Crippen LogP contribution in [0.3, 0.4) is 0 Å². The lowest BCUT2D eigenvalue weighted by molar-refractivity contribution is 0.253. The molecule has 18 rings (SSSR count). The highest BCUT2D eigenvalue weighted by atomic mass is 14.7. The van der Waals surface area contributed by atoms with E-state index in [1.165, 1.54) is 33.4 Å². The topological polar surface area (TPSA) is 0 Å². The van der Waals surface area contributed by atoms with Crippen LogP contribution in [0, 0.1) is 54.8 Å². The van der Waals surface area contributed by atoms with Gasteiger partial charge in [-0.1, -0.05) is 195 Å². The molecule has 9 unspecified atom stereocenters. The molecule has 0 amide bonds. The second-order valence-electron chi connectivity index (χ2n) is 26.8. The summed E-state index contributed by atoms with van der Waals surface area (Å²) in [7, 11) is 0. The summed E-state index contributed by atoms with van der Waals surface area (Å²) < 4.78 is 0. The van der Waals surface area contributed by atoms with Gasteiger partial charge in [-0.2, -0.15) is 0 Å². The van der Waals surface area contributed by atoms with E-state index in [1.807, 2.05) is 0 Å². The fourth-order valence-electron chi connectivity index (χ4n) is 20.3.